The van der Waals surface area contributed by atoms with Crippen LogP contribution in [0.5, 0.6) is 0 Å². The summed E-state index contributed by atoms with van der Waals surface area (Å²) < 4.78 is 82.4. The van der Waals surface area contributed by atoms with Crippen molar-refractivity contribution in [3.8, 4) is 0 Å². The Labute approximate surface area is 127 Å². The van der Waals surface area contributed by atoms with E-state index in [2.05, 4.69) is 0 Å². The minimum absolute atomic E-state index is 0.427. The van der Waals surface area contributed by atoms with Crippen LogP contribution >= 0.6 is 0 Å². The summed E-state index contributed by atoms with van der Waals surface area (Å²) in [6, 6.07) is -1.98. The maximum absolute atomic E-state index is 12.9. The first kappa shape index (κ1) is 21.3. The van der Waals surface area contributed by atoms with Crippen LogP contribution in [0.2, 0.25) is 12.1 Å². The Hall–Kier alpha value is -0.733. The Morgan fingerprint density at radius 2 is 1.45 bits per heavy atom. The number of rotatable bonds is 7. The van der Waals surface area contributed by atoms with Crippen LogP contribution in [-0.2, 0) is 9.53 Å². The van der Waals surface area contributed by atoms with Crippen molar-refractivity contribution in [2.24, 2.45) is 5.41 Å². The van der Waals surface area contributed by atoms with Crippen LogP contribution < -0.4 is 0 Å². The molecule has 0 aliphatic carbocycles. The summed E-state index contributed by atoms with van der Waals surface area (Å²) in [4.78, 5) is 11.6. The van der Waals surface area contributed by atoms with Gasteiger partial charge in [0, 0.05) is 0 Å². The van der Waals surface area contributed by atoms with Crippen LogP contribution in [0.4, 0.5) is 26.3 Å². The number of esters is 1. The first-order chi connectivity index (χ1) is 9.75. The van der Waals surface area contributed by atoms with Crippen LogP contribution in [-0.4, -0.2) is 32.2 Å². The van der Waals surface area contributed by atoms with Crippen LogP contribution in [0, 0.1) is 5.41 Å². The van der Waals surface area contributed by atoms with Gasteiger partial charge in [0.05, 0.1) is 12.0 Å². The van der Waals surface area contributed by atoms with Gasteiger partial charge in [-0.2, -0.15) is 26.3 Å². The zero-order valence-corrected chi connectivity index (χ0v) is 14.1. The zero-order chi connectivity index (χ0) is 17.8. The van der Waals surface area contributed by atoms with Crippen molar-refractivity contribution in [2.45, 2.75) is 64.2 Å². The van der Waals surface area contributed by atoms with Crippen LogP contribution in [0.25, 0.3) is 0 Å². The molecule has 0 bridgehead atoms. The quantitative estimate of drug-likeness (QED) is 0.278. The Morgan fingerprint density at radius 1 is 1.00 bits per heavy atom. The molecule has 0 spiro atoms. The molecule has 0 amide bonds. The van der Waals surface area contributed by atoms with Gasteiger partial charge in [-0.1, -0.05) is 13.8 Å². The molecule has 0 radical (unpaired) electrons. The number of hydrogen-bond donors (Lipinski definition) is 0. The standard InChI is InChI=1S/C13H22F6O2Si/c1-5-11(3,4)10(20)21-8-7-9-22(6-2,12(14,15)16)13(17,18)19/h5-9H2,1-4H3. The zero-order valence-electron chi connectivity index (χ0n) is 13.1. The van der Waals surface area contributed by atoms with Gasteiger partial charge in [-0.15, -0.1) is 0 Å². The summed E-state index contributed by atoms with van der Waals surface area (Å²) in [5.41, 5.74) is -0.798. The van der Waals surface area contributed by atoms with Gasteiger partial charge in [-0.25, -0.2) is 0 Å². The molecule has 0 saturated carbocycles. The molecule has 2 nitrogen and oxygen atoms in total. The first-order valence-corrected chi connectivity index (χ1v) is 9.47. The van der Waals surface area contributed by atoms with Gasteiger partial charge in [-0.3, -0.25) is 4.79 Å². The number of hydrogen-bond acceptors (Lipinski definition) is 2. The number of carbonyl (C=O) groups is 1. The van der Waals surface area contributed by atoms with Gasteiger partial charge in [0.2, 0.25) is 0 Å². The molecule has 0 heterocycles. The molecule has 0 aromatic carbocycles. The van der Waals surface area contributed by atoms with Crippen LogP contribution in [0.3, 0.4) is 0 Å². The Balaban J connectivity index is 4.80. The molecule has 22 heavy (non-hydrogen) atoms. The highest BCUT2D eigenvalue weighted by atomic mass is 28.3. The number of carbonyl (C=O) groups excluding carboxylic acids is 1. The van der Waals surface area contributed by atoms with E-state index in [4.69, 9.17) is 4.74 Å². The molecule has 132 valence electrons. The van der Waals surface area contributed by atoms with Crippen molar-refractivity contribution in [3.05, 3.63) is 0 Å². The van der Waals surface area contributed by atoms with Gasteiger partial charge in [0.15, 0.2) is 0 Å². The van der Waals surface area contributed by atoms with Crippen molar-refractivity contribution < 1.29 is 35.9 Å². The van der Waals surface area contributed by atoms with Gasteiger partial charge in [0.25, 0.3) is 0 Å². The van der Waals surface area contributed by atoms with E-state index in [0.29, 0.717) is 6.42 Å². The largest absolute Gasteiger partial charge is 0.465 e. The predicted octanol–water partition coefficient (Wildman–Crippen LogP) is 5.03. The maximum atomic E-state index is 12.9. The minimum atomic E-state index is -5.49. The summed E-state index contributed by atoms with van der Waals surface area (Å²) >= 11 is 0. The molecular formula is C13H22F6O2Si. The van der Waals surface area contributed by atoms with E-state index in [0.717, 1.165) is 6.92 Å². The van der Waals surface area contributed by atoms with E-state index >= 15 is 0 Å². The number of ether oxygens (including phenoxy) is 1. The molecular weight excluding hydrogens is 330 g/mol. The molecule has 0 aromatic rings. The molecule has 0 fully saturated rings. The monoisotopic (exact) mass is 352 g/mol. The SMILES string of the molecule is CCC(C)(C)C(=O)OCCC[Si](CC)(C(F)(F)F)C(F)(F)F. The average Bonchev–Trinajstić information content (AvgIpc) is 2.35. The van der Waals surface area contributed by atoms with E-state index in [1.165, 1.54) is 0 Å². The predicted molar refractivity (Wildman–Crippen MR) is 72.8 cm³/mol. The molecule has 0 aromatic heterocycles. The highest BCUT2D eigenvalue weighted by molar-refractivity contribution is 6.83. The van der Waals surface area contributed by atoms with Gasteiger partial charge >= 0.3 is 25.6 Å². The van der Waals surface area contributed by atoms with Crippen molar-refractivity contribution in [2.75, 3.05) is 6.61 Å². The van der Waals surface area contributed by atoms with E-state index in [1.54, 1.807) is 20.8 Å². The fourth-order valence-electron chi connectivity index (χ4n) is 1.90. The molecule has 0 aliphatic rings. The maximum Gasteiger partial charge on any atom is 0.371 e. The third kappa shape index (κ3) is 4.63. The lowest BCUT2D eigenvalue weighted by molar-refractivity contribution is -0.154. The summed E-state index contributed by atoms with van der Waals surface area (Å²) in [7, 11) is -5.49. The summed E-state index contributed by atoms with van der Waals surface area (Å²) in [6.45, 7) is 5.43. The molecule has 0 atom stereocenters. The van der Waals surface area contributed by atoms with Gasteiger partial charge in [0.1, 0.15) is 0 Å². The third-order valence-corrected chi connectivity index (χ3v) is 8.69. The second-order valence-corrected chi connectivity index (χ2v) is 10.4. The minimum Gasteiger partial charge on any atom is -0.465 e. The van der Waals surface area contributed by atoms with Crippen molar-refractivity contribution in [3.63, 3.8) is 0 Å². The van der Waals surface area contributed by atoms with E-state index in [1.807, 2.05) is 0 Å². The topological polar surface area (TPSA) is 26.3 Å². The summed E-state index contributed by atoms with van der Waals surface area (Å²) in [6.07, 6.45) is 0.0230. The Morgan fingerprint density at radius 3 is 1.77 bits per heavy atom. The Kier molecular flexibility index (Phi) is 6.99. The van der Waals surface area contributed by atoms with E-state index in [-0.39, 0.29) is 0 Å². The summed E-state index contributed by atoms with van der Waals surface area (Å²) in [5.74, 6) is -11.1. The van der Waals surface area contributed by atoms with Crippen molar-refractivity contribution in [1.82, 2.24) is 0 Å². The summed E-state index contributed by atoms with van der Waals surface area (Å²) in [5, 5.41) is 0. The molecule has 9 heteroatoms. The average molecular weight is 352 g/mol. The molecule has 0 aliphatic heterocycles. The fourth-order valence-corrected chi connectivity index (χ4v) is 4.69. The lowest BCUT2D eigenvalue weighted by Gasteiger charge is -2.34. The molecule has 0 N–H and O–H groups in total. The van der Waals surface area contributed by atoms with Crippen molar-refractivity contribution in [1.29, 1.82) is 0 Å². The Bertz CT molecular complexity index is 362. The third-order valence-electron chi connectivity index (χ3n) is 4.11. The smallest absolute Gasteiger partial charge is 0.371 e. The van der Waals surface area contributed by atoms with Crippen LogP contribution in [0.15, 0.2) is 0 Å². The lowest BCUT2D eigenvalue weighted by atomic mass is 9.91. The van der Waals surface area contributed by atoms with Crippen molar-refractivity contribution >= 4 is 14.0 Å². The molecule has 0 unspecified atom stereocenters. The first-order valence-electron chi connectivity index (χ1n) is 7.06. The molecule has 0 rings (SSSR count). The highest BCUT2D eigenvalue weighted by Crippen LogP contribution is 2.46. The number of halogens is 6. The van der Waals surface area contributed by atoms with Crippen LogP contribution in [0.1, 0.15) is 40.5 Å². The lowest BCUT2D eigenvalue weighted by Crippen LogP contribution is -2.61. The van der Waals surface area contributed by atoms with Gasteiger partial charge in [-0.05, 0) is 38.8 Å². The van der Waals surface area contributed by atoms with Gasteiger partial charge < -0.3 is 4.74 Å². The normalized spacial score (nSPS) is 14.1. The van der Waals surface area contributed by atoms with E-state index < -0.39 is 56.2 Å². The van der Waals surface area contributed by atoms with E-state index in [9.17, 15) is 31.1 Å². The second kappa shape index (κ2) is 7.23. The second-order valence-electron chi connectivity index (χ2n) is 5.91. The number of alkyl halides is 6. The molecule has 0 saturated heterocycles. The fraction of sp³-hybridized carbons (Fsp3) is 0.923. The highest BCUT2D eigenvalue weighted by Gasteiger charge is 2.71.